The molecule has 2 rings (SSSR count). The van der Waals surface area contributed by atoms with Crippen LogP contribution < -0.4 is 0 Å². The van der Waals surface area contributed by atoms with Gasteiger partial charge in [-0.1, -0.05) is 17.7 Å². The molecular formula is C15H10ClNO4. The smallest absolute Gasteiger partial charge is 0.287 e. The molecule has 21 heavy (non-hydrogen) atoms. The molecule has 2 aromatic carbocycles. The number of aromatic hydroxyl groups is 1. The molecule has 0 atom stereocenters. The highest BCUT2D eigenvalue weighted by atomic mass is 35.5. The van der Waals surface area contributed by atoms with E-state index in [0.717, 1.165) is 0 Å². The standard InChI is InChI=1S/C15H10ClNO4/c16-13-9-10(1-7-14(13)17(20)21)2-8-15(19)11-3-5-12(18)6-4-11/h1-9,18H/b8-2+. The van der Waals surface area contributed by atoms with Crippen molar-refractivity contribution in [1.29, 1.82) is 0 Å². The summed E-state index contributed by atoms with van der Waals surface area (Å²) in [6.07, 6.45) is 2.86. The van der Waals surface area contributed by atoms with Gasteiger partial charge in [0.1, 0.15) is 10.8 Å². The van der Waals surface area contributed by atoms with Gasteiger partial charge in [0, 0.05) is 11.6 Å². The molecule has 0 heterocycles. The summed E-state index contributed by atoms with van der Waals surface area (Å²) in [6.45, 7) is 0. The Morgan fingerprint density at radius 2 is 1.86 bits per heavy atom. The Balaban J connectivity index is 2.17. The first-order valence-electron chi connectivity index (χ1n) is 5.93. The monoisotopic (exact) mass is 303 g/mol. The Hall–Kier alpha value is -2.66. The van der Waals surface area contributed by atoms with Crippen LogP contribution in [0.3, 0.4) is 0 Å². The van der Waals surface area contributed by atoms with E-state index >= 15 is 0 Å². The topological polar surface area (TPSA) is 80.4 Å². The van der Waals surface area contributed by atoms with Crippen molar-refractivity contribution in [3.05, 3.63) is 74.8 Å². The van der Waals surface area contributed by atoms with Crippen molar-refractivity contribution in [3.63, 3.8) is 0 Å². The summed E-state index contributed by atoms with van der Waals surface area (Å²) in [5, 5.41) is 19.8. The number of nitro groups is 1. The predicted octanol–water partition coefficient (Wildman–Crippen LogP) is 3.85. The van der Waals surface area contributed by atoms with Gasteiger partial charge in [-0.15, -0.1) is 0 Å². The second kappa shape index (κ2) is 6.19. The Morgan fingerprint density at radius 3 is 2.43 bits per heavy atom. The molecule has 0 radical (unpaired) electrons. The molecule has 1 N–H and O–H groups in total. The zero-order valence-corrected chi connectivity index (χ0v) is 11.4. The number of nitrogens with zero attached hydrogens (tertiary/aromatic N) is 1. The first kappa shape index (κ1) is 14.7. The van der Waals surface area contributed by atoms with Gasteiger partial charge in [0.15, 0.2) is 5.78 Å². The van der Waals surface area contributed by atoms with E-state index in [1.165, 1.54) is 54.6 Å². The van der Waals surface area contributed by atoms with E-state index in [-0.39, 0.29) is 22.2 Å². The zero-order valence-electron chi connectivity index (χ0n) is 10.7. The molecule has 0 aromatic heterocycles. The first-order valence-corrected chi connectivity index (χ1v) is 6.30. The third-order valence-corrected chi connectivity index (χ3v) is 3.05. The van der Waals surface area contributed by atoms with Crippen LogP contribution in [0.1, 0.15) is 15.9 Å². The Bertz CT molecular complexity index is 723. The molecule has 0 aliphatic heterocycles. The SMILES string of the molecule is O=C(/C=C/c1ccc([N+](=O)[O-])c(Cl)c1)c1ccc(O)cc1. The largest absolute Gasteiger partial charge is 0.508 e. The zero-order chi connectivity index (χ0) is 15.4. The van der Waals surface area contributed by atoms with Gasteiger partial charge in [0.2, 0.25) is 0 Å². The highest BCUT2D eigenvalue weighted by Gasteiger charge is 2.11. The van der Waals surface area contributed by atoms with E-state index < -0.39 is 4.92 Å². The number of phenolic OH excluding ortho intramolecular Hbond substituents is 1. The number of nitro benzene ring substituents is 1. The maximum Gasteiger partial charge on any atom is 0.287 e. The third kappa shape index (κ3) is 3.67. The maximum atomic E-state index is 11.9. The maximum absolute atomic E-state index is 11.9. The lowest BCUT2D eigenvalue weighted by molar-refractivity contribution is -0.384. The van der Waals surface area contributed by atoms with Crippen LogP contribution >= 0.6 is 11.6 Å². The molecule has 0 aliphatic rings. The summed E-state index contributed by atoms with van der Waals surface area (Å²) >= 11 is 5.79. The number of hydrogen-bond acceptors (Lipinski definition) is 4. The fourth-order valence-electron chi connectivity index (χ4n) is 1.67. The van der Waals surface area contributed by atoms with Gasteiger partial charge < -0.3 is 5.11 Å². The number of carbonyl (C=O) groups excluding carboxylic acids is 1. The van der Waals surface area contributed by atoms with Gasteiger partial charge in [0.25, 0.3) is 5.69 Å². The second-order valence-corrected chi connectivity index (χ2v) is 4.62. The number of hydrogen-bond donors (Lipinski definition) is 1. The lowest BCUT2D eigenvalue weighted by Crippen LogP contribution is -1.93. The summed E-state index contributed by atoms with van der Waals surface area (Å²) in [7, 11) is 0. The van der Waals surface area contributed by atoms with Crippen LogP contribution in [0.2, 0.25) is 5.02 Å². The van der Waals surface area contributed by atoms with Crippen LogP contribution in [0.4, 0.5) is 5.69 Å². The number of phenols is 1. The number of benzene rings is 2. The molecule has 0 fully saturated rings. The highest BCUT2D eigenvalue weighted by molar-refractivity contribution is 6.32. The number of allylic oxidation sites excluding steroid dienone is 1. The van der Waals surface area contributed by atoms with Gasteiger partial charge >= 0.3 is 0 Å². The first-order chi connectivity index (χ1) is 9.97. The van der Waals surface area contributed by atoms with Crippen molar-refractivity contribution in [2.24, 2.45) is 0 Å². The number of halogens is 1. The van der Waals surface area contributed by atoms with Gasteiger partial charge in [0.05, 0.1) is 4.92 Å². The highest BCUT2D eigenvalue weighted by Crippen LogP contribution is 2.25. The van der Waals surface area contributed by atoms with Gasteiger partial charge in [-0.2, -0.15) is 0 Å². The summed E-state index contributed by atoms with van der Waals surface area (Å²) < 4.78 is 0. The normalized spacial score (nSPS) is 10.7. The average Bonchev–Trinajstić information content (AvgIpc) is 2.45. The minimum Gasteiger partial charge on any atom is -0.508 e. The number of carbonyl (C=O) groups is 1. The number of rotatable bonds is 4. The van der Waals surface area contributed by atoms with E-state index in [1.807, 2.05) is 0 Å². The van der Waals surface area contributed by atoms with Crippen molar-refractivity contribution in [3.8, 4) is 5.75 Å². The van der Waals surface area contributed by atoms with Crippen molar-refractivity contribution < 1.29 is 14.8 Å². The van der Waals surface area contributed by atoms with E-state index in [9.17, 15) is 14.9 Å². The summed E-state index contributed by atoms with van der Waals surface area (Å²) in [6, 6.07) is 10.1. The van der Waals surface area contributed by atoms with Crippen molar-refractivity contribution in [2.75, 3.05) is 0 Å². The van der Waals surface area contributed by atoms with Crippen LogP contribution in [0.25, 0.3) is 6.08 Å². The van der Waals surface area contributed by atoms with Crippen LogP contribution in [0.5, 0.6) is 5.75 Å². The van der Waals surface area contributed by atoms with E-state index in [4.69, 9.17) is 16.7 Å². The van der Waals surface area contributed by atoms with Gasteiger partial charge in [-0.05, 0) is 48.0 Å². The molecule has 0 bridgehead atoms. The number of ketones is 1. The molecule has 5 nitrogen and oxygen atoms in total. The minimum atomic E-state index is -0.572. The molecule has 0 amide bonds. The van der Waals surface area contributed by atoms with Crippen molar-refractivity contribution in [1.82, 2.24) is 0 Å². The van der Waals surface area contributed by atoms with Gasteiger partial charge in [-0.3, -0.25) is 14.9 Å². The molecular weight excluding hydrogens is 294 g/mol. The minimum absolute atomic E-state index is 0.0132. The fraction of sp³-hybridized carbons (Fsp3) is 0. The molecule has 0 saturated carbocycles. The van der Waals surface area contributed by atoms with Crippen molar-refractivity contribution in [2.45, 2.75) is 0 Å². The van der Waals surface area contributed by atoms with E-state index in [0.29, 0.717) is 11.1 Å². The summed E-state index contributed by atoms with van der Waals surface area (Å²) in [4.78, 5) is 21.9. The fourth-order valence-corrected chi connectivity index (χ4v) is 1.93. The molecule has 0 saturated heterocycles. The molecule has 106 valence electrons. The van der Waals surface area contributed by atoms with Crippen LogP contribution in [0, 0.1) is 10.1 Å². The quantitative estimate of drug-likeness (QED) is 0.402. The Kier molecular flexibility index (Phi) is 4.35. The molecule has 6 heteroatoms. The predicted molar refractivity (Wildman–Crippen MR) is 79.6 cm³/mol. The van der Waals surface area contributed by atoms with Crippen LogP contribution in [0.15, 0.2) is 48.5 Å². The Morgan fingerprint density at radius 1 is 1.19 bits per heavy atom. The average molecular weight is 304 g/mol. The lowest BCUT2D eigenvalue weighted by Gasteiger charge is -1.98. The van der Waals surface area contributed by atoms with E-state index in [1.54, 1.807) is 0 Å². The molecule has 0 spiro atoms. The Labute approximate surface area is 125 Å². The third-order valence-electron chi connectivity index (χ3n) is 2.75. The van der Waals surface area contributed by atoms with Crippen molar-refractivity contribution >= 4 is 29.1 Å². The van der Waals surface area contributed by atoms with Gasteiger partial charge in [-0.25, -0.2) is 0 Å². The van der Waals surface area contributed by atoms with Crippen LogP contribution in [-0.4, -0.2) is 15.8 Å². The lowest BCUT2D eigenvalue weighted by atomic mass is 10.1. The summed E-state index contributed by atoms with van der Waals surface area (Å²) in [5.41, 5.74) is 0.827. The molecule has 0 unspecified atom stereocenters. The molecule has 2 aromatic rings. The van der Waals surface area contributed by atoms with Crippen LogP contribution in [-0.2, 0) is 0 Å². The summed E-state index contributed by atoms with van der Waals surface area (Å²) in [5.74, 6) is -0.165. The second-order valence-electron chi connectivity index (χ2n) is 4.21. The van der Waals surface area contributed by atoms with E-state index in [2.05, 4.69) is 0 Å². The molecule has 0 aliphatic carbocycles.